The highest BCUT2D eigenvalue weighted by atomic mass is 32.1. The smallest absolute Gasteiger partial charge is 0.111 e. The van der Waals surface area contributed by atoms with Crippen LogP contribution in [0.3, 0.4) is 0 Å². The van der Waals surface area contributed by atoms with Crippen LogP contribution in [0.1, 0.15) is 44.7 Å². The van der Waals surface area contributed by atoms with Gasteiger partial charge in [0.25, 0.3) is 0 Å². The first-order valence-electron chi connectivity index (χ1n) is 7.34. The van der Waals surface area contributed by atoms with Gasteiger partial charge < -0.3 is 10.4 Å². The highest BCUT2D eigenvalue weighted by Gasteiger charge is 2.26. The van der Waals surface area contributed by atoms with Crippen LogP contribution in [0.15, 0.2) is 24.3 Å². The molecule has 2 rings (SSSR count). The van der Waals surface area contributed by atoms with Gasteiger partial charge in [0.2, 0.25) is 0 Å². The monoisotopic (exact) mass is 292 g/mol. The van der Waals surface area contributed by atoms with Crippen molar-refractivity contribution in [3.8, 4) is 0 Å². The van der Waals surface area contributed by atoms with Gasteiger partial charge in [-0.15, -0.1) is 11.3 Å². The number of aliphatic hydroxyl groups excluding tert-OH is 1. The van der Waals surface area contributed by atoms with Crippen molar-refractivity contribution in [2.45, 2.75) is 39.7 Å². The quantitative estimate of drug-likeness (QED) is 0.817. The van der Waals surface area contributed by atoms with Crippen LogP contribution in [0, 0.1) is 5.41 Å². The number of thiazole rings is 1. The number of aromatic nitrogens is 1. The van der Waals surface area contributed by atoms with E-state index in [0.717, 1.165) is 29.9 Å². The third-order valence-electron chi connectivity index (χ3n) is 4.30. The molecule has 2 aromatic rings. The number of rotatable bonds is 7. The van der Waals surface area contributed by atoms with E-state index < -0.39 is 0 Å². The topological polar surface area (TPSA) is 45.1 Å². The summed E-state index contributed by atoms with van der Waals surface area (Å²) < 4.78 is 1.23. The van der Waals surface area contributed by atoms with Crippen molar-refractivity contribution in [2.75, 3.05) is 13.2 Å². The van der Waals surface area contributed by atoms with E-state index in [1.54, 1.807) is 11.3 Å². The van der Waals surface area contributed by atoms with Crippen molar-refractivity contribution in [1.82, 2.24) is 10.3 Å². The molecule has 0 saturated carbocycles. The number of nitrogens with zero attached hydrogens (tertiary/aromatic N) is 1. The van der Waals surface area contributed by atoms with Gasteiger partial charge in [0.05, 0.1) is 16.3 Å². The van der Waals surface area contributed by atoms with Crippen LogP contribution in [-0.2, 0) is 0 Å². The van der Waals surface area contributed by atoms with E-state index in [-0.39, 0.29) is 18.1 Å². The maximum Gasteiger partial charge on any atom is 0.111 e. The highest BCUT2D eigenvalue weighted by Crippen LogP contribution is 2.28. The molecule has 0 bridgehead atoms. The Morgan fingerprint density at radius 1 is 1.30 bits per heavy atom. The predicted molar refractivity (Wildman–Crippen MR) is 86.1 cm³/mol. The molecule has 1 aromatic heterocycles. The van der Waals surface area contributed by atoms with Crippen molar-refractivity contribution < 1.29 is 5.11 Å². The second-order valence-electron chi connectivity index (χ2n) is 5.49. The fourth-order valence-electron chi connectivity index (χ4n) is 2.31. The van der Waals surface area contributed by atoms with Crippen LogP contribution < -0.4 is 5.32 Å². The summed E-state index contributed by atoms with van der Waals surface area (Å²) in [6.45, 7) is 7.49. The Morgan fingerprint density at radius 3 is 2.60 bits per heavy atom. The molecule has 0 aliphatic rings. The Bertz CT molecular complexity index is 507. The molecule has 0 aliphatic heterocycles. The lowest BCUT2D eigenvalue weighted by Gasteiger charge is -2.30. The summed E-state index contributed by atoms with van der Waals surface area (Å²) in [6.07, 6.45) is 1.97. The first kappa shape index (κ1) is 15.4. The van der Waals surface area contributed by atoms with Gasteiger partial charge in [0, 0.05) is 18.6 Å². The van der Waals surface area contributed by atoms with Crippen molar-refractivity contribution in [2.24, 2.45) is 5.41 Å². The minimum absolute atomic E-state index is 0.00899. The minimum Gasteiger partial charge on any atom is -0.396 e. The third-order valence-corrected chi connectivity index (χ3v) is 5.52. The molecule has 2 N–H and O–H groups in total. The van der Waals surface area contributed by atoms with Crippen LogP contribution >= 0.6 is 11.3 Å². The predicted octanol–water partition coefficient (Wildman–Crippen LogP) is 3.75. The molecule has 1 heterocycles. The molecular weight excluding hydrogens is 268 g/mol. The van der Waals surface area contributed by atoms with Crippen molar-refractivity contribution >= 4 is 21.6 Å². The number of hydrogen-bond acceptors (Lipinski definition) is 4. The third kappa shape index (κ3) is 3.19. The van der Waals surface area contributed by atoms with Crippen LogP contribution in [0.2, 0.25) is 0 Å². The van der Waals surface area contributed by atoms with Crippen molar-refractivity contribution in [3.05, 3.63) is 29.3 Å². The molecule has 0 amide bonds. The van der Waals surface area contributed by atoms with E-state index in [2.05, 4.69) is 43.2 Å². The summed E-state index contributed by atoms with van der Waals surface area (Å²) in [5.74, 6) is 0. The number of nitrogens with one attached hydrogen (secondary N) is 1. The second-order valence-corrected chi connectivity index (χ2v) is 6.55. The lowest BCUT2D eigenvalue weighted by atomic mass is 9.83. The largest absolute Gasteiger partial charge is 0.396 e. The lowest BCUT2D eigenvalue weighted by molar-refractivity contribution is 0.110. The van der Waals surface area contributed by atoms with Crippen LogP contribution in [-0.4, -0.2) is 23.2 Å². The molecule has 1 atom stereocenters. The summed E-state index contributed by atoms with van der Waals surface area (Å²) >= 11 is 1.74. The number of fused-ring (bicyclic) bond motifs is 1. The molecule has 0 radical (unpaired) electrons. The Labute approximate surface area is 125 Å². The first-order valence-corrected chi connectivity index (χ1v) is 8.15. The average molecular weight is 292 g/mol. The van der Waals surface area contributed by atoms with Gasteiger partial charge in [0.1, 0.15) is 5.01 Å². The van der Waals surface area contributed by atoms with Gasteiger partial charge in [-0.25, -0.2) is 4.98 Å². The maximum absolute atomic E-state index is 9.62. The van der Waals surface area contributed by atoms with Gasteiger partial charge in [-0.3, -0.25) is 0 Å². The molecule has 0 fully saturated rings. The molecule has 3 nitrogen and oxygen atoms in total. The van der Waals surface area contributed by atoms with Crippen molar-refractivity contribution in [3.63, 3.8) is 0 Å². The van der Waals surface area contributed by atoms with Crippen LogP contribution in [0.25, 0.3) is 10.2 Å². The molecule has 0 saturated heterocycles. The van der Waals surface area contributed by atoms with Gasteiger partial charge in [-0.2, -0.15) is 0 Å². The fourth-order valence-corrected chi connectivity index (χ4v) is 3.31. The SMILES string of the molecule is CCC(CC)(CO)CNC(C)c1nc2ccccc2s1. The van der Waals surface area contributed by atoms with Gasteiger partial charge in [0.15, 0.2) is 0 Å². The zero-order valence-electron chi connectivity index (χ0n) is 12.5. The molecule has 20 heavy (non-hydrogen) atoms. The summed E-state index contributed by atoms with van der Waals surface area (Å²) in [6, 6.07) is 8.45. The van der Waals surface area contributed by atoms with E-state index >= 15 is 0 Å². The molecular formula is C16H24N2OS. The lowest BCUT2D eigenvalue weighted by Crippen LogP contribution is -2.37. The minimum atomic E-state index is -0.00899. The Kier molecular flexibility index (Phi) is 5.13. The molecule has 1 unspecified atom stereocenters. The number of hydrogen-bond donors (Lipinski definition) is 2. The molecule has 4 heteroatoms. The Hall–Kier alpha value is -0.970. The van der Waals surface area contributed by atoms with Crippen molar-refractivity contribution in [1.29, 1.82) is 0 Å². The number of aliphatic hydroxyl groups is 1. The molecule has 0 aliphatic carbocycles. The molecule has 1 aromatic carbocycles. The van der Waals surface area contributed by atoms with E-state index in [9.17, 15) is 5.11 Å². The summed E-state index contributed by atoms with van der Waals surface area (Å²) in [7, 11) is 0. The van der Waals surface area contributed by atoms with Gasteiger partial charge >= 0.3 is 0 Å². The summed E-state index contributed by atoms with van der Waals surface area (Å²) in [4.78, 5) is 4.68. The molecule has 110 valence electrons. The fraction of sp³-hybridized carbons (Fsp3) is 0.562. The number of para-hydroxylation sites is 1. The normalized spacial score (nSPS) is 13.8. The van der Waals surface area contributed by atoms with E-state index in [0.29, 0.717) is 0 Å². The maximum atomic E-state index is 9.62. The summed E-state index contributed by atoms with van der Waals surface area (Å²) in [5, 5.41) is 14.3. The molecule has 0 spiro atoms. The van der Waals surface area contributed by atoms with E-state index in [1.165, 1.54) is 4.70 Å². The Morgan fingerprint density at radius 2 is 2.00 bits per heavy atom. The van der Waals surface area contributed by atoms with Crippen LogP contribution in [0.4, 0.5) is 0 Å². The zero-order chi connectivity index (χ0) is 14.6. The van der Waals surface area contributed by atoms with E-state index in [1.807, 2.05) is 12.1 Å². The van der Waals surface area contributed by atoms with Gasteiger partial charge in [-0.05, 0) is 31.9 Å². The standard InChI is InChI=1S/C16H24N2OS/c1-4-16(5-2,11-19)10-17-12(3)15-18-13-8-6-7-9-14(13)20-15/h6-9,12,17,19H,4-5,10-11H2,1-3H3. The zero-order valence-corrected chi connectivity index (χ0v) is 13.3. The van der Waals surface area contributed by atoms with E-state index in [4.69, 9.17) is 0 Å². The van der Waals surface area contributed by atoms with Gasteiger partial charge in [-0.1, -0.05) is 26.0 Å². The Balaban J connectivity index is 2.06. The average Bonchev–Trinajstić information content (AvgIpc) is 2.93. The second kappa shape index (κ2) is 6.66. The first-order chi connectivity index (χ1) is 9.64. The highest BCUT2D eigenvalue weighted by molar-refractivity contribution is 7.18. The van der Waals surface area contributed by atoms with Crippen LogP contribution in [0.5, 0.6) is 0 Å². The number of benzene rings is 1. The summed E-state index contributed by atoms with van der Waals surface area (Å²) in [5.41, 5.74) is 1.06.